The van der Waals surface area contributed by atoms with E-state index in [1.165, 1.54) is 0 Å². The Morgan fingerprint density at radius 1 is 1.24 bits per heavy atom. The van der Waals surface area contributed by atoms with Crippen molar-refractivity contribution < 1.29 is 9.53 Å². The molecule has 0 bridgehead atoms. The van der Waals surface area contributed by atoms with E-state index in [0.717, 1.165) is 22.1 Å². The van der Waals surface area contributed by atoms with Crippen molar-refractivity contribution in [3.8, 4) is 5.75 Å². The number of rotatable bonds is 7. The zero-order valence-electron chi connectivity index (χ0n) is 11.9. The molecule has 21 heavy (non-hydrogen) atoms. The van der Waals surface area contributed by atoms with Crippen LogP contribution in [0.5, 0.6) is 5.75 Å². The maximum absolute atomic E-state index is 11.7. The molecule has 0 radical (unpaired) electrons. The van der Waals surface area contributed by atoms with Crippen molar-refractivity contribution in [2.75, 3.05) is 12.9 Å². The Morgan fingerprint density at radius 3 is 2.71 bits per heavy atom. The molecular weight excluding hydrogens is 284 g/mol. The number of nitrogens with one attached hydrogen (secondary N) is 1. The van der Waals surface area contributed by atoms with E-state index in [9.17, 15) is 4.79 Å². The second kappa shape index (κ2) is 8.32. The molecule has 1 heterocycles. The fourth-order valence-corrected chi connectivity index (χ4v) is 2.57. The van der Waals surface area contributed by atoms with Gasteiger partial charge in [-0.05, 0) is 36.4 Å². The first kappa shape index (κ1) is 15.4. The van der Waals surface area contributed by atoms with Crippen molar-refractivity contribution in [1.29, 1.82) is 0 Å². The highest BCUT2D eigenvalue weighted by Crippen LogP contribution is 2.21. The average Bonchev–Trinajstić information content (AvgIpc) is 2.54. The van der Waals surface area contributed by atoms with Crippen LogP contribution < -0.4 is 10.1 Å². The number of amides is 1. The number of carbonyl (C=O) groups is 1. The van der Waals surface area contributed by atoms with Gasteiger partial charge in [-0.15, -0.1) is 11.8 Å². The smallest absolute Gasteiger partial charge is 0.221 e. The van der Waals surface area contributed by atoms with E-state index in [2.05, 4.69) is 10.3 Å². The van der Waals surface area contributed by atoms with Gasteiger partial charge in [-0.3, -0.25) is 9.78 Å². The maximum atomic E-state index is 11.7. The van der Waals surface area contributed by atoms with Crippen LogP contribution in [0.15, 0.2) is 53.6 Å². The minimum atomic E-state index is 0.0432. The summed E-state index contributed by atoms with van der Waals surface area (Å²) < 4.78 is 5.11. The summed E-state index contributed by atoms with van der Waals surface area (Å²) in [7, 11) is 1.65. The summed E-state index contributed by atoms with van der Waals surface area (Å²) in [4.78, 5) is 17.0. The second-order valence-corrected chi connectivity index (χ2v) is 5.54. The first-order chi connectivity index (χ1) is 10.3. The predicted octanol–water partition coefficient (Wildman–Crippen LogP) is 2.89. The van der Waals surface area contributed by atoms with Gasteiger partial charge in [0.1, 0.15) is 5.75 Å². The van der Waals surface area contributed by atoms with E-state index < -0.39 is 0 Å². The summed E-state index contributed by atoms with van der Waals surface area (Å²) in [6.45, 7) is 0.479. The molecular formula is C16H18N2O2S. The molecule has 0 saturated carbocycles. The first-order valence-corrected chi connectivity index (χ1v) is 7.70. The van der Waals surface area contributed by atoms with Crippen LogP contribution in [0.4, 0.5) is 0 Å². The van der Waals surface area contributed by atoms with Crippen LogP contribution in [-0.4, -0.2) is 23.8 Å². The third kappa shape index (κ3) is 5.47. The minimum Gasteiger partial charge on any atom is -0.497 e. The van der Waals surface area contributed by atoms with Crippen LogP contribution in [0.1, 0.15) is 12.1 Å². The molecule has 1 aromatic heterocycles. The third-order valence-corrected chi connectivity index (χ3v) is 3.86. The Labute approximate surface area is 128 Å². The van der Waals surface area contributed by atoms with Crippen molar-refractivity contribution in [3.05, 3.63) is 54.4 Å². The van der Waals surface area contributed by atoms with Crippen molar-refractivity contribution in [1.82, 2.24) is 10.3 Å². The van der Waals surface area contributed by atoms with Crippen LogP contribution >= 0.6 is 11.8 Å². The zero-order valence-corrected chi connectivity index (χ0v) is 12.7. The van der Waals surface area contributed by atoms with E-state index in [0.29, 0.717) is 13.0 Å². The van der Waals surface area contributed by atoms with Crippen LogP contribution in [0, 0.1) is 0 Å². The largest absolute Gasteiger partial charge is 0.497 e. The maximum Gasteiger partial charge on any atom is 0.221 e. The molecule has 110 valence electrons. The quantitative estimate of drug-likeness (QED) is 0.799. The fourth-order valence-electron chi connectivity index (χ4n) is 1.71. The molecule has 0 saturated heterocycles. The topological polar surface area (TPSA) is 51.2 Å². The molecule has 0 aliphatic carbocycles. The lowest BCUT2D eigenvalue weighted by molar-refractivity contribution is -0.120. The van der Waals surface area contributed by atoms with E-state index in [1.807, 2.05) is 42.5 Å². The fraction of sp³-hybridized carbons (Fsp3) is 0.250. The third-order valence-electron chi connectivity index (χ3n) is 2.85. The van der Waals surface area contributed by atoms with Crippen LogP contribution in [-0.2, 0) is 11.3 Å². The number of carbonyl (C=O) groups excluding carboxylic acids is 1. The molecule has 1 amide bonds. The number of pyridine rings is 1. The molecule has 0 atom stereocenters. The molecule has 2 rings (SSSR count). The van der Waals surface area contributed by atoms with Gasteiger partial charge in [0.15, 0.2) is 0 Å². The lowest BCUT2D eigenvalue weighted by Gasteiger charge is -2.05. The van der Waals surface area contributed by atoms with Gasteiger partial charge >= 0.3 is 0 Å². The summed E-state index contributed by atoms with van der Waals surface area (Å²) in [5, 5.41) is 2.87. The Balaban J connectivity index is 1.66. The number of hydrogen-bond acceptors (Lipinski definition) is 4. The molecule has 5 heteroatoms. The van der Waals surface area contributed by atoms with E-state index in [-0.39, 0.29) is 5.91 Å². The van der Waals surface area contributed by atoms with Crippen LogP contribution in [0.25, 0.3) is 0 Å². The highest BCUT2D eigenvalue weighted by Gasteiger charge is 2.03. The summed E-state index contributed by atoms with van der Waals surface area (Å²) in [5.41, 5.74) is 0.869. The van der Waals surface area contributed by atoms with Gasteiger partial charge in [0.2, 0.25) is 5.91 Å². The molecule has 1 aromatic carbocycles. The summed E-state index contributed by atoms with van der Waals surface area (Å²) in [5.74, 6) is 1.63. The number of ether oxygens (including phenoxy) is 1. The van der Waals surface area contributed by atoms with E-state index in [4.69, 9.17) is 4.74 Å². The molecule has 4 nitrogen and oxygen atoms in total. The summed E-state index contributed by atoms with van der Waals surface area (Å²) >= 11 is 1.66. The molecule has 0 aliphatic rings. The molecule has 0 spiro atoms. The van der Waals surface area contributed by atoms with Gasteiger partial charge < -0.3 is 10.1 Å². The normalized spacial score (nSPS) is 10.1. The predicted molar refractivity (Wildman–Crippen MR) is 84.4 cm³/mol. The Bertz CT molecular complexity index is 558. The van der Waals surface area contributed by atoms with Crippen LogP contribution in [0.2, 0.25) is 0 Å². The Morgan fingerprint density at radius 2 is 2.05 bits per heavy atom. The van der Waals surface area contributed by atoms with Gasteiger partial charge in [0, 0.05) is 23.3 Å². The van der Waals surface area contributed by atoms with Gasteiger partial charge in [-0.1, -0.05) is 6.07 Å². The Hall–Kier alpha value is -2.01. The van der Waals surface area contributed by atoms with Crippen molar-refractivity contribution in [2.45, 2.75) is 17.9 Å². The molecule has 0 unspecified atom stereocenters. The number of methoxy groups -OCH3 is 1. The zero-order chi connectivity index (χ0) is 14.9. The van der Waals surface area contributed by atoms with Crippen molar-refractivity contribution in [2.24, 2.45) is 0 Å². The van der Waals surface area contributed by atoms with Gasteiger partial charge in [0.25, 0.3) is 0 Å². The van der Waals surface area contributed by atoms with E-state index in [1.54, 1.807) is 25.1 Å². The summed E-state index contributed by atoms with van der Waals surface area (Å²) in [6.07, 6.45) is 2.21. The highest BCUT2D eigenvalue weighted by molar-refractivity contribution is 7.99. The van der Waals surface area contributed by atoms with E-state index >= 15 is 0 Å². The van der Waals surface area contributed by atoms with Crippen LogP contribution in [0.3, 0.4) is 0 Å². The Kier molecular flexibility index (Phi) is 6.09. The van der Waals surface area contributed by atoms with Gasteiger partial charge in [-0.25, -0.2) is 0 Å². The summed E-state index contributed by atoms with van der Waals surface area (Å²) in [6, 6.07) is 13.5. The van der Waals surface area contributed by atoms with Gasteiger partial charge in [-0.2, -0.15) is 0 Å². The van der Waals surface area contributed by atoms with Crippen molar-refractivity contribution >= 4 is 17.7 Å². The number of hydrogen-bond donors (Lipinski definition) is 1. The molecule has 1 N–H and O–H groups in total. The number of thioether (sulfide) groups is 1. The number of benzene rings is 1. The first-order valence-electron chi connectivity index (χ1n) is 6.71. The lowest BCUT2D eigenvalue weighted by Crippen LogP contribution is -2.23. The SMILES string of the molecule is COc1ccc(SCCC(=O)NCc2ccccn2)cc1. The molecule has 0 fully saturated rings. The number of aromatic nitrogens is 1. The monoisotopic (exact) mass is 302 g/mol. The molecule has 0 aliphatic heterocycles. The highest BCUT2D eigenvalue weighted by atomic mass is 32.2. The molecule has 2 aromatic rings. The van der Waals surface area contributed by atoms with Gasteiger partial charge in [0.05, 0.1) is 19.3 Å². The average molecular weight is 302 g/mol. The second-order valence-electron chi connectivity index (χ2n) is 4.37. The lowest BCUT2D eigenvalue weighted by atomic mass is 10.3. The van der Waals surface area contributed by atoms with Crippen molar-refractivity contribution in [3.63, 3.8) is 0 Å². The standard InChI is InChI=1S/C16H18N2O2S/c1-20-14-5-7-15(8-6-14)21-11-9-16(19)18-12-13-4-2-3-10-17-13/h2-8,10H,9,11-12H2,1H3,(H,18,19). The minimum absolute atomic E-state index is 0.0432. The number of nitrogens with zero attached hydrogens (tertiary/aromatic N) is 1.